The molecule has 1 aliphatic rings. The van der Waals surface area contributed by atoms with Crippen LogP contribution in [0.2, 0.25) is 0 Å². The topological polar surface area (TPSA) is 149 Å². The molecule has 0 aromatic carbocycles. The highest BCUT2D eigenvalue weighted by atomic mass is 16.7. The van der Waals surface area contributed by atoms with Gasteiger partial charge in [-0.3, -0.25) is 4.79 Å². The maximum Gasteiger partial charge on any atom is 0.220 e. The van der Waals surface area contributed by atoms with Gasteiger partial charge in [-0.05, 0) is 38.5 Å². The van der Waals surface area contributed by atoms with Crippen molar-refractivity contribution in [1.82, 2.24) is 5.32 Å². The van der Waals surface area contributed by atoms with E-state index in [4.69, 9.17) is 9.47 Å². The quantitative estimate of drug-likeness (QED) is 0.0425. The van der Waals surface area contributed by atoms with Gasteiger partial charge >= 0.3 is 0 Å². The molecule has 0 aromatic rings. The highest BCUT2D eigenvalue weighted by Gasteiger charge is 2.44. The largest absolute Gasteiger partial charge is 0.394 e. The third-order valence-corrected chi connectivity index (χ3v) is 8.77. The number of allylic oxidation sites excluding steroid dienone is 3. The minimum absolute atomic E-state index is 0.190. The van der Waals surface area contributed by atoms with E-state index in [0.717, 1.165) is 38.5 Å². The predicted octanol–water partition coefficient (Wildman–Crippen LogP) is 5.99. The fraction of sp³-hybridized carbons (Fsp3) is 0.865. The smallest absolute Gasteiger partial charge is 0.220 e. The van der Waals surface area contributed by atoms with Crippen molar-refractivity contribution in [1.29, 1.82) is 0 Å². The molecule has 1 heterocycles. The van der Waals surface area contributed by atoms with Crippen molar-refractivity contribution in [2.75, 3.05) is 13.2 Å². The van der Waals surface area contributed by atoms with Crippen LogP contribution in [0.15, 0.2) is 24.3 Å². The van der Waals surface area contributed by atoms with E-state index in [-0.39, 0.29) is 12.5 Å². The number of nitrogens with one attached hydrogen (secondary N) is 1. The van der Waals surface area contributed by atoms with Crippen molar-refractivity contribution in [3.05, 3.63) is 24.3 Å². The van der Waals surface area contributed by atoms with E-state index in [1.54, 1.807) is 6.08 Å². The average molecular weight is 656 g/mol. The van der Waals surface area contributed by atoms with Crippen LogP contribution in [-0.4, -0.2) is 87.5 Å². The Bertz CT molecular complexity index is 776. The molecule has 270 valence electrons. The minimum Gasteiger partial charge on any atom is -0.394 e. The van der Waals surface area contributed by atoms with E-state index in [1.165, 1.54) is 89.9 Å². The number of carbonyl (C=O) groups excluding carboxylic acids is 1. The number of amides is 1. The van der Waals surface area contributed by atoms with Gasteiger partial charge in [0.05, 0.1) is 25.4 Å². The van der Waals surface area contributed by atoms with E-state index in [0.29, 0.717) is 6.42 Å². The summed E-state index contributed by atoms with van der Waals surface area (Å²) < 4.78 is 11.0. The highest BCUT2D eigenvalue weighted by molar-refractivity contribution is 5.76. The Morgan fingerprint density at radius 3 is 1.80 bits per heavy atom. The van der Waals surface area contributed by atoms with Crippen LogP contribution in [0, 0.1) is 0 Å². The molecule has 1 fully saturated rings. The molecule has 0 spiro atoms. The first-order valence-electron chi connectivity index (χ1n) is 18.6. The first-order chi connectivity index (χ1) is 22.3. The Kier molecular flexibility index (Phi) is 26.6. The second-order valence-electron chi connectivity index (χ2n) is 13.0. The van der Waals surface area contributed by atoms with Gasteiger partial charge in [0, 0.05) is 6.42 Å². The van der Waals surface area contributed by atoms with Crippen LogP contribution in [0.4, 0.5) is 0 Å². The molecular formula is C37H69NO8. The van der Waals surface area contributed by atoms with Crippen molar-refractivity contribution in [2.24, 2.45) is 0 Å². The maximum atomic E-state index is 12.7. The lowest BCUT2D eigenvalue weighted by atomic mass is 9.99. The standard InChI is InChI=1S/C37H69NO8/c1-3-5-7-9-10-11-12-13-14-15-16-17-18-19-20-21-22-23-25-27-33(41)38-30(31(40)26-24-8-6-4-2)29-45-37-36(44)35(43)34(42)32(28-39)46-37/h13-14,24,26,30-32,34-37,39-40,42-44H,3-12,15-23,25,27-29H2,1-2H3,(H,38,41)/b14-13-,26-24+. The minimum atomic E-state index is -1.56. The molecule has 0 bridgehead atoms. The highest BCUT2D eigenvalue weighted by Crippen LogP contribution is 2.22. The molecule has 46 heavy (non-hydrogen) atoms. The fourth-order valence-corrected chi connectivity index (χ4v) is 5.66. The Balaban J connectivity index is 2.25. The van der Waals surface area contributed by atoms with Crippen molar-refractivity contribution < 1.29 is 39.8 Å². The van der Waals surface area contributed by atoms with Crippen LogP contribution in [-0.2, 0) is 14.3 Å². The average Bonchev–Trinajstić information content (AvgIpc) is 3.05. The molecular weight excluding hydrogens is 586 g/mol. The monoisotopic (exact) mass is 656 g/mol. The second kappa shape index (κ2) is 28.7. The van der Waals surface area contributed by atoms with Gasteiger partial charge in [-0.15, -0.1) is 0 Å². The summed E-state index contributed by atoms with van der Waals surface area (Å²) in [6.45, 7) is 3.59. The Labute approximate surface area is 279 Å². The number of ether oxygens (including phenoxy) is 2. The van der Waals surface area contributed by atoms with Crippen LogP contribution < -0.4 is 5.32 Å². The molecule has 7 atom stereocenters. The molecule has 6 N–H and O–H groups in total. The first kappa shape index (κ1) is 42.7. The molecule has 0 saturated carbocycles. The normalized spacial score (nSPS) is 23.3. The second-order valence-corrected chi connectivity index (χ2v) is 13.0. The molecule has 1 saturated heterocycles. The zero-order chi connectivity index (χ0) is 33.8. The lowest BCUT2D eigenvalue weighted by Gasteiger charge is -2.40. The van der Waals surface area contributed by atoms with Crippen LogP contribution >= 0.6 is 0 Å². The van der Waals surface area contributed by atoms with Crippen molar-refractivity contribution in [3.8, 4) is 0 Å². The summed E-state index contributed by atoms with van der Waals surface area (Å²) in [5, 5.41) is 53.3. The molecule has 1 rings (SSSR count). The number of aliphatic hydroxyl groups excluding tert-OH is 5. The number of rotatable bonds is 29. The lowest BCUT2D eigenvalue weighted by Crippen LogP contribution is -2.60. The third-order valence-electron chi connectivity index (χ3n) is 8.77. The van der Waals surface area contributed by atoms with Gasteiger partial charge in [0.25, 0.3) is 0 Å². The summed E-state index contributed by atoms with van der Waals surface area (Å²) in [6.07, 6.45) is 24.3. The lowest BCUT2D eigenvalue weighted by molar-refractivity contribution is -0.302. The molecule has 1 amide bonds. The summed E-state index contributed by atoms with van der Waals surface area (Å²) in [5.41, 5.74) is 0. The third kappa shape index (κ3) is 20.1. The summed E-state index contributed by atoms with van der Waals surface area (Å²) in [7, 11) is 0. The van der Waals surface area contributed by atoms with Crippen LogP contribution in [0.3, 0.4) is 0 Å². The Morgan fingerprint density at radius 2 is 1.24 bits per heavy atom. The molecule has 0 aliphatic carbocycles. The molecule has 9 heteroatoms. The fourth-order valence-electron chi connectivity index (χ4n) is 5.66. The first-order valence-corrected chi connectivity index (χ1v) is 18.6. The zero-order valence-electron chi connectivity index (χ0n) is 29.1. The molecule has 7 unspecified atom stereocenters. The SMILES string of the molecule is CCCC/C=C/C(O)C(COC1OC(CO)C(O)C(O)C1O)NC(=O)CCCCCCCCCCC/C=C\CCCCCCCC. The number of hydrogen-bond acceptors (Lipinski definition) is 8. The maximum absolute atomic E-state index is 12.7. The van der Waals surface area contributed by atoms with E-state index < -0.39 is 49.5 Å². The summed E-state index contributed by atoms with van der Waals surface area (Å²) >= 11 is 0. The van der Waals surface area contributed by atoms with Crippen molar-refractivity contribution in [3.63, 3.8) is 0 Å². The van der Waals surface area contributed by atoms with Gasteiger partial charge in [-0.2, -0.15) is 0 Å². The van der Waals surface area contributed by atoms with Crippen LogP contribution in [0.25, 0.3) is 0 Å². The summed E-state index contributed by atoms with van der Waals surface area (Å²) in [6, 6.07) is -0.798. The van der Waals surface area contributed by atoms with Crippen LogP contribution in [0.1, 0.15) is 149 Å². The van der Waals surface area contributed by atoms with Crippen LogP contribution in [0.5, 0.6) is 0 Å². The van der Waals surface area contributed by atoms with E-state index >= 15 is 0 Å². The Morgan fingerprint density at radius 1 is 0.717 bits per heavy atom. The van der Waals surface area contributed by atoms with E-state index in [9.17, 15) is 30.3 Å². The summed E-state index contributed by atoms with van der Waals surface area (Å²) in [4.78, 5) is 12.7. The molecule has 0 aromatic heterocycles. The van der Waals surface area contributed by atoms with E-state index in [2.05, 4.69) is 31.3 Å². The number of aliphatic hydroxyl groups is 5. The molecule has 9 nitrogen and oxygen atoms in total. The predicted molar refractivity (Wildman–Crippen MR) is 184 cm³/mol. The van der Waals surface area contributed by atoms with Crippen molar-refractivity contribution in [2.45, 2.75) is 192 Å². The van der Waals surface area contributed by atoms with Gasteiger partial charge in [0.1, 0.15) is 24.4 Å². The number of hydrogen-bond donors (Lipinski definition) is 6. The molecule has 1 aliphatic heterocycles. The zero-order valence-corrected chi connectivity index (χ0v) is 29.1. The number of carbonyl (C=O) groups is 1. The molecule has 0 radical (unpaired) electrons. The number of unbranched alkanes of at least 4 members (excludes halogenated alkanes) is 17. The van der Waals surface area contributed by atoms with Crippen molar-refractivity contribution >= 4 is 5.91 Å². The Hall–Kier alpha value is -1.33. The van der Waals surface area contributed by atoms with Gasteiger partial charge in [0.2, 0.25) is 5.91 Å². The van der Waals surface area contributed by atoms with E-state index in [1.807, 2.05) is 6.08 Å². The van der Waals surface area contributed by atoms with Gasteiger partial charge in [0.15, 0.2) is 6.29 Å². The summed E-state index contributed by atoms with van der Waals surface area (Å²) in [5.74, 6) is -0.190. The van der Waals surface area contributed by atoms with Gasteiger partial charge in [-0.25, -0.2) is 0 Å². The van der Waals surface area contributed by atoms with Gasteiger partial charge < -0.3 is 40.3 Å². The van der Waals surface area contributed by atoms with Gasteiger partial charge in [-0.1, -0.05) is 128 Å².